The molecule has 0 fully saturated rings. The number of carbonyl (C=O) groups excluding carboxylic acids is 1. The van der Waals surface area contributed by atoms with Crippen LogP contribution in [-0.4, -0.2) is 11.1 Å². The van der Waals surface area contributed by atoms with Crippen molar-refractivity contribution in [3.05, 3.63) is 42.5 Å². The van der Waals surface area contributed by atoms with E-state index in [1.54, 1.807) is 24.3 Å². The van der Waals surface area contributed by atoms with E-state index in [1.807, 2.05) is 0 Å². The molecule has 0 aliphatic rings. The molecule has 74 valence electrons. The van der Waals surface area contributed by atoms with Crippen molar-refractivity contribution in [1.82, 2.24) is 0 Å². The van der Waals surface area contributed by atoms with Gasteiger partial charge < -0.3 is 9.84 Å². The highest BCUT2D eigenvalue weighted by atomic mass is 16.5. The number of esters is 1. The highest BCUT2D eigenvalue weighted by molar-refractivity contribution is 5.69. The smallest absolute Gasteiger partial charge is 0.308 e. The van der Waals surface area contributed by atoms with Crippen LogP contribution in [0.1, 0.15) is 18.6 Å². The van der Waals surface area contributed by atoms with E-state index in [4.69, 9.17) is 4.74 Å². The molecule has 0 radical (unpaired) electrons. The molecule has 0 aliphatic heterocycles. The van der Waals surface area contributed by atoms with Gasteiger partial charge in [0.05, 0.1) is 6.10 Å². The first-order chi connectivity index (χ1) is 6.63. The number of benzene rings is 1. The summed E-state index contributed by atoms with van der Waals surface area (Å²) in [7, 11) is 0. The van der Waals surface area contributed by atoms with Crippen molar-refractivity contribution in [1.29, 1.82) is 0 Å². The zero-order valence-corrected chi connectivity index (χ0v) is 7.93. The number of hydrogen-bond donors (Lipinski definition) is 1. The quantitative estimate of drug-likeness (QED) is 0.451. The van der Waals surface area contributed by atoms with E-state index in [1.165, 1.54) is 13.0 Å². The molecule has 1 rings (SSSR count). The molecule has 1 atom stereocenters. The minimum Gasteiger partial charge on any atom is -0.427 e. The van der Waals surface area contributed by atoms with Crippen LogP contribution in [0.3, 0.4) is 0 Å². The molecular formula is C11H12O3. The lowest BCUT2D eigenvalue weighted by molar-refractivity contribution is -0.131. The molecule has 14 heavy (non-hydrogen) atoms. The molecule has 0 saturated carbocycles. The van der Waals surface area contributed by atoms with Crippen LogP contribution in [0.4, 0.5) is 0 Å². The number of ether oxygens (including phenoxy) is 1. The average molecular weight is 192 g/mol. The fourth-order valence-corrected chi connectivity index (χ4v) is 1.04. The van der Waals surface area contributed by atoms with Crippen LogP contribution in [-0.2, 0) is 4.79 Å². The highest BCUT2D eigenvalue weighted by Gasteiger charge is 2.03. The highest BCUT2D eigenvalue weighted by Crippen LogP contribution is 2.18. The maximum atomic E-state index is 10.6. The van der Waals surface area contributed by atoms with Gasteiger partial charge in [0, 0.05) is 6.92 Å². The summed E-state index contributed by atoms with van der Waals surface area (Å²) in [5.74, 6) is 0.111. The second-order valence-electron chi connectivity index (χ2n) is 2.84. The Morgan fingerprint density at radius 1 is 1.50 bits per heavy atom. The summed E-state index contributed by atoms with van der Waals surface area (Å²) >= 11 is 0. The fourth-order valence-electron chi connectivity index (χ4n) is 1.04. The molecule has 0 bridgehead atoms. The lowest BCUT2D eigenvalue weighted by Gasteiger charge is -2.06. The largest absolute Gasteiger partial charge is 0.427 e. The Morgan fingerprint density at radius 3 is 2.50 bits per heavy atom. The summed E-state index contributed by atoms with van der Waals surface area (Å²) < 4.78 is 4.84. The Kier molecular flexibility index (Phi) is 3.42. The Balaban J connectivity index is 2.78. The van der Waals surface area contributed by atoms with Gasteiger partial charge in [0.1, 0.15) is 5.75 Å². The Bertz CT molecular complexity index is 327. The van der Waals surface area contributed by atoms with Crippen LogP contribution in [0, 0.1) is 0 Å². The number of carbonyl (C=O) groups is 1. The Labute approximate surface area is 82.6 Å². The van der Waals surface area contributed by atoms with Crippen LogP contribution >= 0.6 is 0 Å². The maximum Gasteiger partial charge on any atom is 0.308 e. The van der Waals surface area contributed by atoms with Crippen LogP contribution < -0.4 is 4.74 Å². The second kappa shape index (κ2) is 4.58. The van der Waals surface area contributed by atoms with Crippen LogP contribution in [0.15, 0.2) is 36.9 Å². The maximum absolute atomic E-state index is 10.6. The van der Waals surface area contributed by atoms with Gasteiger partial charge in [-0.1, -0.05) is 18.2 Å². The average Bonchev–Trinajstić information content (AvgIpc) is 2.17. The topological polar surface area (TPSA) is 46.5 Å². The lowest BCUT2D eigenvalue weighted by atomic mass is 10.1. The van der Waals surface area contributed by atoms with Crippen LogP contribution in [0.2, 0.25) is 0 Å². The zero-order chi connectivity index (χ0) is 10.6. The van der Waals surface area contributed by atoms with Gasteiger partial charge in [-0.15, -0.1) is 6.58 Å². The number of aliphatic hydroxyl groups is 1. The fraction of sp³-hybridized carbons (Fsp3) is 0.182. The zero-order valence-electron chi connectivity index (χ0n) is 7.93. The van der Waals surface area contributed by atoms with Gasteiger partial charge in [0.2, 0.25) is 0 Å². The van der Waals surface area contributed by atoms with Gasteiger partial charge >= 0.3 is 5.97 Å². The molecule has 0 heterocycles. The predicted octanol–water partition coefficient (Wildman–Crippen LogP) is 1.83. The SMILES string of the molecule is C=C[C@@H](O)c1ccc(OC(C)=O)cc1. The minimum atomic E-state index is -0.679. The van der Waals surface area contributed by atoms with E-state index in [-0.39, 0.29) is 5.97 Å². The summed E-state index contributed by atoms with van der Waals surface area (Å²) in [5.41, 5.74) is 0.718. The lowest BCUT2D eigenvalue weighted by Crippen LogP contribution is -2.01. The molecular weight excluding hydrogens is 180 g/mol. The third kappa shape index (κ3) is 2.71. The van der Waals surface area contributed by atoms with E-state index in [0.29, 0.717) is 5.75 Å². The molecule has 0 spiro atoms. The summed E-state index contributed by atoms with van der Waals surface area (Å²) in [6.45, 7) is 4.81. The van der Waals surface area contributed by atoms with Gasteiger partial charge in [-0.25, -0.2) is 0 Å². The molecule has 1 N–H and O–H groups in total. The van der Waals surface area contributed by atoms with Crippen molar-refractivity contribution in [2.45, 2.75) is 13.0 Å². The van der Waals surface area contributed by atoms with Gasteiger partial charge in [-0.05, 0) is 17.7 Å². The summed E-state index contributed by atoms with van der Waals surface area (Å²) in [5, 5.41) is 9.38. The van der Waals surface area contributed by atoms with E-state index < -0.39 is 6.10 Å². The van der Waals surface area contributed by atoms with Crippen LogP contribution in [0.25, 0.3) is 0 Å². The standard InChI is InChI=1S/C11H12O3/c1-3-11(13)9-4-6-10(7-5-9)14-8(2)12/h3-7,11,13H,1H2,2H3/t11-/m1/s1. The molecule has 0 saturated heterocycles. The summed E-state index contributed by atoms with van der Waals surface area (Å²) in [4.78, 5) is 10.6. The molecule has 0 unspecified atom stereocenters. The molecule has 1 aromatic carbocycles. The second-order valence-corrected chi connectivity index (χ2v) is 2.84. The molecule has 0 amide bonds. The van der Waals surface area contributed by atoms with Crippen molar-refractivity contribution >= 4 is 5.97 Å². The van der Waals surface area contributed by atoms with Gasteiger partial charge in [0.15, 0.2) is 0 Å². The van der Waals surface area contributed by atoms with E-state index in [9.17, 15) is 9.90 Å². The Hall–Kier alpha value is -1.61. The van der Waals surface area contributed by atoms with Crippen molar-refractivity contribution in [3.63, 3.8) is 0 Å². The van der Waals surface area contributed by atoms with Gasteiger partial charge in [-0.3, -0.25) is 4.79 Å². The third-order valence-electron chi connectivity index (χ3n) is 1.71. The number of rotatable bonds is 3. The summed E-state index contributed by atoms with van der Waals surface area (Å²) in [6, 6.07) is 6.63. The summed E-state index contributed by atoms with van der Waals surface area (Å²) in [6.07, 6.45) is 0.752. The van der Waals surface area contributed by atoms with Crippen molar-refractivity contribution in [2.24, 2.45) is 0 Å². The van der Waals surface area contributed by atoms with Crippen molar-refractivity contribution in [2.75, 3.05) is 0 Å². The monoisotopic (exact) mass is 192 g/mol. The van der Waals surface area contributed by atoms with E-state index in [2.05, 4.69) is 6.58 Å². The molecule has 1 aromatic rings. The van der Waals surface area contributed by atoms with Gasteiger partial charge in [-0.2, -0.15) is 0 Å². The first-order valence-electron chi connectivity index (χ1n) is 4.22. The van der Waals surface area contributed by atoms with Crippen LogP contribution in [0.5, 0.6) is 5.75 Å². The van der Waals surface area contributed by atoms with Crippen molar-refractivity contribution < 1.29 is 14.6 Å². The Morgan fingerprint density at radius 2 is 2.07 bits per heavy atom. The normalized spacial score (nSPS) is 11.9. The van der Waals surface area contributed by atoms with E-state index in [0.717, 1.165) is 5.56 Å². The predicted molar refractivity (Wildman–Crippen MR) is 52.9 cm³/mol. The molecule has 0 aliphatic carbocycles. The first-order valence-corrected chi connectivity index (χ1v) is 4.22. The molecule has 3 nitrogen and oxygen atoms in total. The first kappa shape index (κ1) is 10.5. The van der Waals surface area contributed by atoms with Gasteiger partial charge in [0.25, 0.3) is 0 Å². The number of aliphatic hydroxyl groups excluding tert-OH is 1. The molecule has 0 aromatic heterocycles. The number of hydrogen-bond acceptors (Lipinski definition) is 3. The minimum absolute atomic E-state index is 0.359. The van der Waals surface area contributed by atoms with E-state index >= 15 is 0 Å². The molecule has 3 heteroatoms. The van der Waals surface area contributed by atoms with Crippen molar-refractivity contribution in [3.8, 4) is 5.75 Å². The third-order valence-corrected chi connectivity index (χ3v) is 1.71.